The number of carboxylic acids is 1. The lowest BCUT2D eigenvalue weighted by Crippen LogP contribution is -2.30. The molecule has 8 nitrogen and oxygen atoms in total. The van der Waals surface area contributed by atoms with Crippen LogP contribution in [-0.2, 0) is 13.9 Å². The molecule has 5 N–H and O–H groups in total. The van der Waals surface area contributed by atoms with Gasteiger partial charge in [0.2, 0.25) is 0 Å². The third-order valence-corrected chi connectivity index (χ3v) is 4.19. The number of carboxylic acid groups (broad SMARTS) is 1. The summed E-state index contributed by atoms with van der Waals surface area (Å²) in [7, 11) is -9.41. The first-order valence-electron chi connectivity index (χ1n) is 3.77. The van der Waals surface area contributed by atoms with Gasteiger partial charge in [-0.25, -0.2) is 0 Å². The van der Waals surface area contributed by atoms with Crippen molar-refractivity contribution in [2.45, 2.75) is 12.6 Å². The Balaban J connectivity index is 4.90. The van der Waals surface area contributed by atoms with Gasteiger partial charge in [0.25, 0.3) is 0 Å². The van der Waals surface area contributed by atoms with E-state index in [9.17, 15) is 13.9 Å². The van der Waals surface area contributed by atoms with E-state index in [2.05, 4.69) is 0 Å². The first-order chi connectivity index (χ1) is 6.45. The van der Waals surface area contributed by atoms with E-state index in [0.29, 0.717) is 0 Å². The Hall–Kier alpha value is -0.230. The Morgan fingerprint density at radius 2 is 1.60 bits per heavy atom. The molecule has 0 aliphatic heterocycles. The fourth-order valence-electron chi connectivity index (χ4n) is 1.19. The molecular formula is C5H12O8P2. The zero-order valence-electron chi connectivity index (χ0n) is 7.72. The summed E-state index contributed by atoms with van der Waals surface area (Å²) >= 11 is 0. The monoisotopic (exact) mass is 262 g/mol. The van der Waals surface area contributed by atoms with Crippen molar-refractivity contribution >= 4 is 21.2 Å². The molecule has 0 bridgehead atoms. The summed E-state index contributed by atoms with van der Waals surface area (Å²) in [6.07, 6.45) is -0.880. The lowest BCUT2D eigenvalue weighted by Gasteiger charge is -2.21. The van der Waals surface area contributed by atoms with E-state index in [0.717, 1.165) is 6.92 Å². The Labute approximate surface area is 85.3 Å². The standard InChI is InChI=1S/C5H12O8P2/c1-3(2-14(8,9)10)4(5(6)7)15(11,12)13/h3-4H,2H2,1H3,(H,6,7)(H2,8,9,10)(H2,11,12,13). The van der Waals surface area contributed by atoms with E-state index in [1.54, 1.807) is 0 Å². The second-order valence-corrected chi connectivity index (χ2v) is 6.63. The third kappa shape index (κ3) is 5.41. The fourth-order valence-corrected chi connectivity index (χ4v) is 3.38. The van der Waals surface area contributed by atoms with Gasteiger partial charge in [0.1, 0.15) is 0 Å². The summed E-state index contributed by atoms with van der Waals surface area (Å²) in [6, 6.07) is 0. The second-order valence-electron chi connectivity index (χ2n) is 3.20. The number of hydrogen-bond acceptors (Lipinski definition) is 3. The van der Waals surface area contributed by atoms with Crippen molar-refractivity contribution in [1.29, 1.82) is 0 Å². The van der Waals surface area contributed by atoms with Crippen LogP contribution in [0.4, 0.5) is 0 Å². The molecule has 0 saturated heterocycles. The highest BCUT2D eigenvalue weighted by atomic mass is 31.2. The van der Waals surface area contributed by atoms with Gasteiger partial charge in [-0.05, 0) is 5.92 Å². The third-order valence-electron chi connectivity index (χ3n) is 1.68. The summed E-state index contributed by atoms with van der Waals surface area (Å²) in [4.78, 5) is 45.0. The molecule has 0 heterocycles. The molecule has 0 aliphatic carbocycles. The van der Waals surface area contributed by atoms with E-state index < -0.39 is 38.9 Å². The van der Waals surface area contributed by atoms with Crippen molar-refractivity contribution in [3.8, 4) is 0 Å². The zero-order chi connectivity index (χ0) is 12.4. The molecule has 2 unspecified atom stereocenters. The molecule has 0 aromatic rings. The summed E-state index contributed by atoms with van der Waals surface area (Å²) in [5.74, 6) is -3.09. The number of carbonyl (C=O) groups is 1. The van der Waals surface area contributed by atoms with Gasteiger partial charge in [0, 0.05) is 0 Å². The SMILES string of the molecule is CC(CP(=O)(O)O)C(C(=O)O)P(=O)(O)O. The van der Waals surface area contributed by atoms with Crippen LogP contribution >= 0.6 is 15.2 Å². The maximum atomic E-state index is 10.8. The average molecular weight is 262 g/mol. The fraction of sp³-hybridized carbons (Fsp3) is 0.800. The zero-order valence-corrected chi connectivity index (χ0v) is 9.51. The van der Waals surface area contributed by atoms with Crippen LogP contribution in [0.25, 0.3) is 0 Å². The van der Waals surface area contributed by atoms with Gasteiger partial charge in [0.05, 0.1) is 6.16 Å². The van der Waals surface area contributed by atoms with Crippen molar-refractivity contribution in [1.82, 2.24) is 0 Å². The predicted octanol–water partition coefficient (Wildman–Crippen LogP) is -0.569. The van der Waals surface area contributed by atoms with E-state index in [1.807, 2.05) is 0 Å². The van der Waals surface area contributed by atoms with Crippen LogP contribution in [0.2, 0.25) is 0 Å². The minimum absolute atomic E-state index is 0.880. The van der Waals surface area contributed by atoms with Crippen LogP contribution in [0.1, 0.15) is 6.92 Å². The van der Waals surface area contributed by atoms with Crippen molar-refractivity contribution in [2.24, 2.45) is 5.92 Å². The van der Waals surface area contributed by atoms with E-state index in [1.165, 1.54) is 0 Å². The highest BCUT2D eigenvalue weighted by Gasteiger charge is 2.42. The molecule has 0 aromatic carbocycles. The van der Waals surface area contributed by atoms with Crippen LogP contribution in [0.3, 0.4) is 0 Å². The highest BCUT2D eigenvalue weighted by Crippen LogP contribution is 2.48. The van der Waals surface area contributed by atoms with Gasteiger partial charge >= 0.3 is 21.2 Å². The molecule has 0 amide bonds. The molecule has 90 valence electrons. The molecular weight excluding hydrogens is 250 g/mol. The molecule has 0 aromatic heterocycles. The minimum atomic E-state index is -4.92. The number of rotatable bonds is 5. The lowest BCUT2D eigenvalue weighted by molar-refractivity contribution is -0.137. The Morgan fingerprint density at radius 3 is 1.80 bits per heavy atom. The van der Waals surface area contributed by atoms with Gasteiger partial charge in [-0.2, -0.15) is 0 Å². The van der Waals surface area contributed by atoms with Gasteiger partial charge < -0.3 is 24.7 Å². The number of hydrogen-bond donors (Lipinski definition) is 5. The number of aliphatic carboxylic acids is 1. The molecule has 0 fully saturated rings. The van der Waals surface area contributed by atoms with Crippen molar-refractivity contribution in [3.63, 3.8) is 0 Å². The van der Waals surface area contributed by atoms with Crippen LogP contribution < -0.4 is 0 Å². The van der Waals surface area contributed by atoms with Crippen LogP contribution in [0, 0.1) is 5.92 Å². The van der Waals surface area contributed by atoms with E-state index in [4.69, 9.17) is 24.7 Å². The molecule has 10 heteroatoms. The van der Waals surface area contributed by atoms with E-state index in [-0.39, 0.29) is 0 Å². The quantitative estimate of drug-likeness (QED) is 0.413. The Bertz CT molecular complexity index is 326. The molecule has 0 spiro atoms. The molecule has 2 atom stereocenters. The molecule has 0 radical (unpaired) electrons. The topological polar surface area (TPSA) is 152 Å². The smallest absolute Gasteiger partial charge is 0.340 e. The van der Waals surface area contributed by atoms with E-state index >= 15 is 0 Å². The first kappa shape index (κ1) is 14.8. The molecule has 0 saturated carbocycles. The Morgan fingerprint density at radius 1 is 1.20 bits per heavy atom. The maximum Gasteiger partial charge on any atom is 0.340 e. The van der Waals surface area contributed by atoms with Crippen molar-refractivity contribution in [2.75, 3.05) is 6.16 Å². The molecule has 0 rings (SSSR count). The lowest BCUT2D eigenvalue weighted by atomic mass is 10.1. The predicted molar refractivity (Wildman–Crippen MR) is 49.5 cm³/mol. The average Bonchev–Trinajstić information content (AvgIpc) is 1.74. The van der Waals surface area contributed by atoms with Crippen molar-refractivity contribution < 1.29 is 38.6 Å². The summed E-state index contributed by atoms with van der Waals surface area (Å²) in [5.41, 5.74) is -2.09. The van der Waals surface area contributed by atoms with Crippen LogP contribution in [-0.4, -0.2) is 42.5 Å². The minimum Gasteiger partial charge on any atom is -0.481 e. The van der Waals surface area contributed by atoms with Gasteiger partial charge in [0.15, 0.2) is 5.66 Å². The van der Waals surface area contributed by atoms with Gasteiger partial charge in [-0.1, -0.05) is 6.92 Å². The maximum absolute atomic E-state index is 10.8. The summed E-state index contributed by atoms with van der Waals surface area (Å²) in [6.45, 7) is 1.07. The normalized spacial score (nSPS) is 17.1. The second kappa shape index (κ2) is 4.74. The molecule has 15 heavy (non-hydrogen) atoms. The van der Waals surface area contributed by atoms with Gasteiger partial charge in [-0.3, -0.25) is 13.9 Å². The van der Waals surface area contributed by atoms with Crippen molar-refractivity contribution in [3.05, 3.63) is 0 Å². The first-order valence-corrected chi connectivity index (χ1v) is 7.25. The molecule has 0 aliphatic rings. The Kier molecular flexibility index (Phi) is 4.67. The highest BCUT2D eigenvalue weighted by molar-refractivity contribution is 7.54. The van der Waals surface area contributed by atoms with Gasteiger partial charge in [-0.15, -0.1) is 0 Å². The van der Waals surface area contributed by atoms with Crippen LogP contribution in [0.5, 0.6) is 0 Å². The largest absolute Gasteiger partial charge is 0.481 e. The summed E-state index contributed by atoms with van der Waals surface area (Å²) < 4.78 is 21.3. The summed E-state index contributed by atoms with van der Waals surface area (Å²) in [5, 5.41) is 8.53. The van der Waals surface area contributed by atoms with Crippen LogP contribution in [0.15, 0.2) is 0 Å².